The van der Waals surface area contributed by atoms with E-state index in [1.165, 1.54) is 12.1 Å². The lowest BCUT2D eigenvalue weighted by molar-refractivity contribution is 0.122. The van der Waals surface area contributed by atoms with Gasteiger partial charge in [-0.25, -0.2) is 4.39 Å². The first-order chi connectivity index (χ1) is 8.22. The van der Waals surface area contributed by atoms with Crippen LogP contribution in [0.1, 0.15) is 11.7 Å². The van der Waals surface area contributed by atoms with Crippen molar-refractivity contribution in [1.29, 1.82) is 0 Å². The number of nitrogens with zero attached hydrogens (tertiary/aromatic N) is 1. The largest absolute Gasteiger partial charge is 0.387 e. The molecular weight excluding hydrogens is 223 g/mol. The van der Waals surface area contributed by atoms with E-state index in [0.29, 0.717) is 18.8 Å². The summed E-state index contributed by atoms with van der Waals surface area (Å²) in [5.74, 6) is -0.357. The summed E-state index contributed by atoms with van der Waals surface area (Å²) >= 11 is 0. The molecule has 1 heterocycles. The van der Waals surface area contributed by atoms with E-state index in [0.717, 1.165) is 18.8 Å². The van der Waals surface area contributed by atoms with Crippen LogP contribution in [0.3, 0.4) is 0 Å². The van der Waals surface area contributed by atoms with E-state index in [-0.39, 0.29) is 12.4 Å². The summed E-state index contributed by atoms with van der Waals surface area (Å²) in [4.78, 5) is 2.08. The summed E-state index contributed by atoms with van der Waals surface area (Å²) in [5.41, 5.74) is 6.83. The first kappa shape index (κ1) is 12.3. The van der Waals surface area contributed by atoms with Crippen LogP contribution in [0.25, 0.3) is 0 Å². The number of rotatable bonds is 3. The maximum atomic E-state index is 13.2. The minimum absolute atomic E-state index is 0.0841. The van der Waals surface area contributed by atoms with Gasteiger partial charge in [-0.2, -0.15) is 0 Å². The second kappa shape index (κ2) is 5.44. The Balaban J connectivity index is 2.30. The van der Waals surface area contributed by atoms with E-state index in [2.05, 4.69) is 4.90 Å². The van der Waals surface area contributed by atoms with E-state index in [4.69, 9.17) is 10.5 Å². The molecule has 0 bridgehead atoms. The normalized spacial score (nSPS) is 18.2. The lowest BCUT2D eigenvalue weighted by atomic mass is 10.1. The number of hydrogen-bond acceptors (Lipinski definition) is 4. The van der Waals surface area contributed by atoms with Crippen molar-refractivity contribution in [3.63, 3.8) is 0 Å². The van der Waals surface area contributed by atoms with E-state index in [1.54, 1.807) is 6.07 Å². The smallest absolute Gasteiger partial charge is 0.123 e. The van der Waals surface area contributed by atoms with Gasteiger partial charge in [0.25, 0.3) is 0 Å². The fourth-order valence-corrected chi connectivity index (χ4v) is 2.01. The van der Waals surface area contributed by atoms with Crippen LogP contribution in [0.15, 0.2) is 18.2 Å². The van der Waals surface area contributed by atoms with Gasteiger partial charge >= 0.3 is 0 Å². The zero-order valence-electron chi connectivity index (χ0n) is 9.60. The Hall–Kier alpha value is -1.17. The van der Waals surface area contributed by atoms with Gasteiger partial charge in [-0.1, -0.05) is 0 Å². The van der Waals surface area contributed by atoms with Gasteiger partial charge in [0.15, 0.2) is 0 Å². The number of aliphatic hydroxyl groups excluding tert-OH is 1. The molecule has 1 saturated heterocycles. The molecule has 0 spiro atoms. The van der Waals surface area contributed by atoms with Crippen molar-refractivity contribution in [2.45, 2.75) is 6.10 Å². The van der Waals surface area contributed by atoms with E-state index in [1.807, 2.05) is 0 Å². The molecule has 4 nitrogen and oxygen atoms in total. The van der Waals surface area contributed by atoms with Crippen LogP contribution < -0.4 is 10.6 Å². The molecule has 0 aliphatic carbocycles. The number of ether oxygens (including phenoxy) is 1. The first-order valence-electron chi connectivity index (χ1n) is 5.72. The van der Waals surface area contributed by atoms with Crippen molar-refractivity contribution in [3.05, 3.63) is 29.6 Å². The lowest BCUT2D eigenvalue weighted by Crippen LogP contribution is -2.37. The molecule has 5 heteroatoms. The van der Waals surface area contributed by atoms with Gasteiger partial charge in [0.2, 0.25) is 0 Å². The van der Waals surface area contributed by atoms with Crippen LogP contribution in [-0.2, 0) is 4.74 Å². The van der Waals surface area contributed by atoms with E-state index in [9.17, 15) is 9.50 Å². The molecule has 17 heavy (non-hydrogen) atoms. The number of nitrogens with two attached hydrogens (primary N) is 1. The average Bonchev–Trinajstić information content (AvgIpc) is 2.38. The molecular formula is C12H17FN2O2. The quantitative estimate of drug-likeness (QED) is 0.814. The maximum absolute atomic E-state index is 13.2. The number of halogens is 1. The molecule has 1 aromatic carbocycles. The third-order valence-corrected chi connectivity index (χ3v) is 2.92. The van der Waals surface area contributed by atoms with Gasteiger partial charge in [-0.3, -0.25) is 0 Å². The second-order valence-electron chi connectivity index (χ2n) is 4.05. The molecule has 1 fully saturated rings. The molecule has 94 valence electrons. The van der Waals surface area contributed by atoms with Gasteiger partial charge in [-0.05, 0) is 18.2 Å². The predicted octanol–water partition coefficient (Wildman–Crippen LogP) is 0.654. The Labute approximate surface area is 99.8 Å². The summed E-state index contributed by atoms with van der Waals surface area (Å²) < 4.78 is 18.5. The van der Waals surface area contributed by atoms with Gasteiger partial charge < -0.3 is 20.5 Å². The Kier molecular flexibility index (Phi) is 3.93. The number of benzene rings is 1. The predicted molar refractivity (Wildman–Crippen MR) is 63.4 cm³/mol. The third-order valence-electron chi connectivity index (χ3n) is 2.92. The number of anilines is 1. The Morgan fingerprint density at radius 1 is 1.41 bits per heavy atom. The highest BCUT2D eigenvalue weighted by Gasteiger charge is 2.18. The molecule has 0 radical (unpaired) electrons. The fourth-order valence-electron chi connectivity index (χ4n) is 2.01. The first-order valence-corrected chi connectivity index (χ1v) is 5.72. The zero-order valence-corrected chi connectivity index (χ0v) is 9.60. The Bertz CT molecular complexity index is 381. The van der Waals surface area contributed by atoms with Crippen LogP contribution in [0.2, 0.25) is 0 Å². The van der Waals surface area contributed by atoms with Crippen LogP contribution in [-0.4, -0.2) is 38.0 Å². The molecule has 1 aliphatic rings. The summed E-state index contributed by atoms with van der Waals surface area (Å²) in [6, 6.07) is 4.44. The minimum atomic E-state index is -0.830. The topological polar surface area (TPSA) is 58.7 Å². The molecule has 0 amide bonds. The van der Waals surface area contributed by atoms with Crippen molar-refractivity contribution in [1.82, 2.24) is 0 Å². The monoisotopic (exact) mass is 240 g/mol. The van der Waals surface area contributed by atoms with Crippen molar-refractivity contribution >= 4 is 5.69 Å². The molecule has 3 N–H and O–H groups in total. The SMILES string of the molecule is NCC(O)c1cc(F)ccc1N1CCOCC1. The number of aliphatic hydroxyl groups is 1. The molecule has 1 atom stereocenters. The van der Waals surface area contributed by atoms with Gasteiger partial charge in [0.1, 0.15) is 5.82 Å². The van der Waals surface area contributed by atoms with Gasteiger partial charge in [-0.15, -0.1) is 0 Å². The standard InChI is InChI=1S/C12H17FN2O2/c13-9-1-2-11(10(7-9)12(16)8-14)15-3-5-17-6-4-15/h1-2,7,12,16H,3-6,8,14H2. The van der Waals surface area contributed by atoms with Crippen molar-refractivity contribution < 1.29 is 14.2 Å². The summed E-state index contributed by atoms with van der Waals surface area (Å²) in [7, 11) is 0. The molecule has 0 aromatic heterocycles. The Morgan fingerprint density at radius 3 is 2.76 bits per heavy atom. The van der Waals surface area contributed by atoms with Crippen LogP contribution in [0, 0.1) is 5.82 Å². The Morgan fingerprint density at radius 2 is 2.12 bits per heavy atom. The molecule has 2 rings (SSSR count). The highest BCUT2D eigenvalue weighted by atomic mass is 19.1. The summed E-state index contributed by atoms with van der Waals surface area (Å²) in [6.07, 6.45) is -0.830. The summed E-state index contributed by atoms with van der Waals surface area (Å²) in [6.45, 7) is 2.87. The number of hydrogen-bond donors (Lipinski definition) is 2. The maximum Gasteiger partial charge on any atom is 0.123 e. The molecule has 1 aromatic rings. The van der Waals surface area contributed by atoms with Crippen LogP contribution in [0.5, 0.6) is 0 Å². The highest BCUT2D eigenvalue weighted by molar-refractivity contribution is 5.55. The van der Waals surface area contributed by atoms with Crippen molar-refractivity contribution in [3.8, 4) is 0 Å². The fraction of sp³-hybridized carbons (Fsp3) is 0.500. The summed E-state index contributed by atoms with van der Waals surface area (Å²) in [5, 5.41) is 9.82. The molecule has 1 aliphatic heterocycles. The van der Waals surface area contributed by atoms with Crippen molar-refractivity contribution in [2.24, 2.45) is 5.73 Å². The second-order valence-corrected chi connectivity index (χ2v) is 4.05. The van der Waals surface area contributed by atoms with Crippen molar-refractivity contribution in [2.75, 3.05) is 37.7 Å². The van der Waals surface area contributed by atoms with Gasteiger partial charge in [0, 0.05) is 30.9 Å². The van der Waals surface area contributed by atoms with Crippen LogP contribution >= 0.6 is 0 Å². The number of morpholine rings is 1. The van der Waals surface area contributed by atoms with Crippen LogP contribution in [0.4, 0.5) is 10.1 Å². The lowest BCUT2D eigenvalue weighted by Gasteiger charge is -2.31. The minimum Gasteiger partial charge on any atom is -0.387 e. The molecule has 1 unspecified atom stereocenters. The molecule has 0 saturated carbocycles. The zero-order chi connectivity index (χ0) is 12.3. The average molecular weight is 240 g/mol. The van der Waals surface area contributed by atoms with E-state index < -0.39 is 6.10 Å². The van der Waals surface area contributed by atoms with E-state index >= 15 is 0 Å². The third kappa shape index (κ3) is 2.74. The highest BCUT2D eigenvalue weighted by Crippen LogP contribution is 2.27. The van der Waals surface area contributed by atoms with Gasteiger partial charge in [0.05, 0.1) is 19.3 Å².